The lowest BCUT2D eigenvalue weighted by Gasteiger charge is -2.48. The molecule has 12 nitrogen and oxygen atoms in total. The Morgan fingerprint density at radius 1 is 1.24 bits per heavy atom. The Morgan fingerprint density at radius 2 is 1.86 bits per heavy atom. The Hall–Kier alpha value is -2.81. The number of aliphatic carboxylic acids is 1. The predicted octanol–water partition coefficient (Wildman–Crippen LogP) is -3.43. The van der Waals surface area contributed by atoms with Gasteiger partial charge in [0, 0.05) is 6.54 Å². The number of carbonyl (C=O) groups excluding carboxylic acids is 1. The first kappa shape index (κ1) is 19.5. The molecule has 15 heteroatoms. The first-order valence-corrected chi connectivity index (χ1v) is 8.55. The molecule has 9 N–H and O–H groups in total. The number of aliphatic imine (C=N–C) groups is 2. The minimum atomic E-state index is -4.80. The lowest BCUT2D eigenvalue weighted by molar-refractivity contribution is -0.234. The summed E-state index contributed by atoms with van der Waals surface area (Å²) in [6.07, 6.45) is -5.64. The van der Waals surface area contributed by atoms with Crippen molar-refractivity contribution in [1.82, 2.24) is 15.5 Å². The molecule has 1 amide bonds. The van der Waals surface area contributed by atoms with E-state index in [1.54, 1.807) is 0 Å². The second-order valence-electron chi connectivity index (χ2n) is 7.56. The Labute approximate surface area is 160 Å². The molecule has 3 aliphatic heterocycles. The topological polar surface area (TPSA) is 199 Å². The summed E-state index contributed by atoms with van der Waals surface area (Å²) >= 11 is 0. The normalized spacial score (nSPS) is 36.3. The fourth-order valence-electron chi connectivity index (χ4n) is 4.25. The van der Waals surface area contributed by atoms with E-state index in [4.69, 9.17) is 11.5 Å². The molecule has 0 aromatic heterocycles. The summed E-state index contributed by atoms with van der Waals surface area (Å²) in [5.74, 6) is -6.65. The molecule has 1 saturated carbocycles. The number of nitrogens with one attached hydrogen (secondary N) is 2. The number of carbonyl (C=O) groups is 2. The summed E-state index contributed by atoms with van der Waals surface area (Å²) in [6, 6.07) is -4.79. The molecule has 0 radical (unpaired) electrons. The fourth-order valence-corrected chi connectivity index (χ4v) is 4.25. The largest absolute Gasteiger partial charge is 0.480 e. The van der Waals surface area contributed by atoms with Crippen molar-refractivity contribution in [2.75, 3.05) is 6.54 Å². The molecular formula is C14H18F3N7O5. The van der Waals surface area contributed by atoms with Gasteiger partial charge in [-0.15, -0.1) is 0 Å². The van der Waals surface area contributed by atoms with Crippen LogP contribution in [0.2, 0.25) is 0 Å². The molecule has 4 aliphatic rings. The smallest absolute Gasteiger partial charge is 0.403 e. The van der Waals surface area contributed by atoms with E-state index in [2.05, 4.69) is 15.3 Å². The lowest BCUT2D eigenvalue weighted by Crippen LogP contribution is -2.78. The number of hydrogen-bond acceptors (Lipinski definition) is 10. The summed E-state index contributed by atoms with van der Waals surface area (Å²) in [5, 5.41) is 35.7. The maximum atomic E-state index is 13.2. The van der Waals surface area contributed by atoms with Crippen molar-refractivity contribution in [2.24, 2.45) is 26.9 Å². The zero-order valence-electron chi connectivity index (χ0n) is 14.6. The van der Waals surface area contributed by atoms with Crippen LogP contribution in [0, 0.1) is 5.41 Å². The summed E-state index contributed by atoms with van der Waals surface area (Å²) in [5.41, 5.74) is 6.69. The van der Waals surface area contributed by atoms with Gasteiger partial charge in [0.25, 0.3) is 0 Å². The first-order chi connectivity index (χ1) is 13.3. The van der Waals surface area contributed by atoms with Crippen molar-refractivity contribution in [3.05, 3.63) is 0 Å². The van der Waals surface area contributed by atoms with E-state index >= 15 is 0 Å². The molecule has 1 aliphatic carbocycles. The summed E-state index contributed by atoms with van der Waals surface area (Å²) in [7, 11) is 0. The Kier molecular flexibility index (Phi) is 3.64. The molecule has 0 aromatic rings. The van der Waals surface area contributed by atoms with Crippen molar-refractivity contribution in [2.45, 2.75) is 48.6 Å². The number of guanidine groups is 2. The van der Waals surface area contributed by atoms with Crippen molar-refractivity contribution in [1.29, 1.82) is 0 Å². The minimum Gasteiger partial charge on any atom is -0.480 e. The van der Waals surface area contributed by atoms with E-state index in [0.717, 1.165) is 4.90 Å². The Bertz CT molecular complexity index is 855. The van der Waals surface area contributed by atoms with Gasteiger partial charge in [-0.3, -0.25) is 4.79 Å². The molecule has 3 heterocycles. The van der Waals surface area contributed by atoms with E-state index in [9.17, 15) is 38.1 Å². The van der Waals surface area contributed by atoms with Gasteiger partial charge < -0.3 is 42.3 Å². The van der Waals surface area contributed by atoms with Crippen molar-refractivity contribution >= 4 is 23.8 Å². The second kappa shape index (κ2) is 5.41. The van der Waals surface area contributed by atoms with E-state index < -0.39 is 78.4 Å². The Balaban J connectivity index is 1.70. The number of halogens is 3. The number of hydrogen-bond donors (Lipinski definition) is 7. The van der Waals surface area contributed by atoms with Crippen LogP contribution in [0.3, 0.4) is 0 Å². The van der Waals surface area contributed by atoms with Crippen LogP contribution in [0.15, 0.2) is 9.98 Å². The summed E-state index contributed by atoms with van der Waals surface area (Å²) in [6.45, 7) is -0.472. The monoisotopic (exact) mass is 421 g/mol. The average molecular weight is 421 g/mol. The van der Waals surface area contributed by atoms with Gasteiger partial charge in [-0.25, -0.2) is 14.8 Å². The number of alkyl halides is 3. The van der Waals surface area contributed by atoms with Crippen LogP contribution in [0.1, 0.15) is 12.8 Å². The fraction of sp³-hybridized carbons (Fsp3) is 0.714. The highest BCUT2D eigenvalue weighted by Gasteiger charge is 2.75. The van der Waals surface area contributed by atoms with Crippen LogP contribution in [0.4, 0.5) is 13.2 Å². The highest BCUT2D eigenvalue weighted by Crippen LogP contribution is 2.58. The standard InChI is InChI=1S/C14H18F3N7O5/c15-14(16,17)11(1-2-11)8(27)20-4-3-24-10(19)21-5(7(25)26)6-12(24,13(4,28)29)23-9(18)22-6/h4-6,28-29H,1-3H2,(H2,19,21)(H,20,27)(H,25,26)(H3,18,22,23)/t4-,5+,6?,12-/m0/s1. The molecule has 4 atom stereocenters. The number of amides is 1. The third-order valence-electron chi connectivity index (χ3n) is 6.00. The van der Waals surface area contributed by atoms with Crippen LogP contribution in [-0.2, 0) is 9.59 Å². The van der Waals surface area contributed by atoms with Crippen molar-refractivity contribution in [3.8, 4) is 0 Å². The van der Waals surface area contributed by atoms with Crippen LogP contribution in [0.5, 0.6) is 0 Å². The predicted molar refractivity (Wildman–Crippen MR) is 87.9 cm³/mol. The highest BCUT2D eigenvalue weighted by atomic mass is 19.4. The highest BCUT2D eigenvalue weighted by molar-refractivity contribution is 5.92. The first-order valence-electron chi connectivity index (χ1n) is 8.55. The molecule has 2 fully saturated rings. The molecule has 0 bridgehead atoms. The lowest BCUT2D eigenvalue weighted by atomic mass is 9.85. The van der Waals surface area contributed by atoms with Gasteiger partial charge in [0.2, 0.25) is 11.7 Å². The van der Waals surface area contributed by atoms with Crippen molar-refractivity contribution < 1.29 is 38.1 Å². The van der Waals surface area contributed by atoms with Gasteiger partial charge in [0.1, 0.15) is 17.5 Å². The van der Waals surface area contributed by atoms with Gasteiger partial charge in [0.05, 0.1) is 0 Å². The molecular weight excluding hydrogens is 403 g/mol. The van der Waals surface area contributed by atoms with Crippen LogP contribution in [0.25, 0.3) is 0 Å². The third-order valence-corrected chi connectivity index (χ3v) is 6.00. The minimum absolute atomic E-state index is 0.343. The molecule has 1 saturated heterocycles. The van der Waals surface area contributed by atoms with Gasteiger partial charge in [-0.05, 0) is 12.8 Å². The number of nitrogens with two attached hydrogens (primary N) is 2. The van der Waals surface area contributed by atoms with Crippen LogP contribution < -0.4 is 22.1 Å². The van der Waals surface area contributed by atoms with Gasteiger partial charge in [0.15, 0.2) is 23.6 Å². The van der Waals surface area contributed by atoms with E-state index in [1.807, 2.05) is 5.32 Å². The van der Waals surface area contributed by atoms with Crippen molar-refractivity contribution in [3.63, 3.8) is 0 Å². The molecule has 1 unspecified atom stereocenters. The number of aliphatic hydroxyl groups is 2. The van der Waals surface area contributed by atoms with Gasteiger partial charge in [-0.2, -0.15) is 13.2 Å². The van der Waals surface area contributed by atoms with Crippen LogP contribution >= 0.6 is 0 Å². The maximum Gasteiger partial charge on any atom is 0.403 e. The second-order valence-corrected chi connectivity index (χ2v) is 7.56. The molecule has 4 rings (SSSR count). The maximum absolute atomic E-state index is 13.2. The molecule has 0 aromatic carbocycles. The summed E-state index contributed by atoms with van der Waals surface area (Å²) < 4.78 is 39.7. The third kappa shape index (κ3) is 2.27. The average Bonchev–Trinajstić information content (AvgIpc) is 3.29. The SMILES string of the molecule is NC1=NC2[C@H](C(=O)O)N=C(N)N3C[C@H](NC(=O)C4(C(F)(F)F)CC4)C(O)(O)[C@]23N1. The van der Waals surface area contributed by atoms with E-state index in [0.29, 0.717) is 0 Å². The quantitative estimate of drug-likeness (QED) is 0.227. The van der Waals surface area contributed by atoms with E-state index in [-0.39, 0.29) is 5.96 Å². The molecule has 29 heavy (non-hydrogen) atoms. The summed E-state index contributed by atoms with van der Waals surface area (Å²) in [4.78, 5) is 32.6. The molecule has 160 valence electrons. The van der Waals surface area contributed by atoms with Crippen LogP contribution in [-0.4, -0.2) is 86.3 Å². The number of carboxylic acids is 1. The zero-order valence-corrected chi connectivity index (χ0v) is 14.6. The van der Waals surface area contributed by atoms with Gasteiger partial charge in [-0.1, -0.05) is 0 Å². The zero-order chi connectivity index (χ0) is 21.6. The van der Waals surface area contributed by atoms with E-state index in [1.165, 1.54) is 0 Å². The Morgan fingerprint density at radius 3 is 2.38 bits per heavy atom. The number of rotatable bonds is 3. The van der Waals surface area contributed by atoms with Gasteiger partial charge >= 0.3 is 12.1 Å². The molecule has 1 spiro atoms. The number of nitrogens with zero attached hydrogens (tertiary/aromatic N) is 3. The number of carboxylic acid groups (broad SMARTS) is 1.